The number of ether oxygens (including phenoxy) is 6. The predicted octanol–water partition coefficient (Wildman–Crippen LogP) is 6.42. The van der Waals surface area contributed by atoms with Gasteiger partial charge in [0.2, 0.25) is 22.8 Å². The van der Waals surface area contributed by atoms with Gasteiger partial charge in [0.1, 0.15) is 22.5 Å². The molecule has 0 saturated carbocycles. The van der Waals surface area contributed by atoms with E-state index >= 15 is 0 Å². The maximum Gasteiger partial charge on any atom is 0.276 e. The summed E-state index contributed by atoms with van der Waals surface area (Å²) in [4.78, 5) is 13.9. The topological polar surface area (TPSA) is 125 Å². The summed E-state index contributed by atoms with van der Waals surface area (Å²) in [6.07, 6.45) is 0.568. The fraction of sp³-hybridized carbons (Fsp3) is 0.281. The van der Waals surface area contributed by atoms with Crippen LogP contribution in [-0.2, 0) is 0 Å². The molecule has 12 heteroatoms. The highest BCUT2D eigenvalue weighted by Gasteiger charge is 2.24. The number of aryl methyl sites for hydroxylation is 1. The Morgan fingerprint density at radius 2 is 1.45 bits per heavy atom. The normalized spacial score (nSPS) is 11.0. The Balaban J connectivity index is 1.43. The van der Waals surface area contributed by atoms with Gasteiger partial charge in [-0.25, -0.2) is 0 Å². The van der Waals surface area contributed by atoms with Gasteiger partial charge < -0.3 is 37.3 Å². The van der Waals surface area contributed by atoms with E-state index in [1.165, 1.54) is 47.3 Å². The van der Waals surface area contributed by atoms with Crippen LogP contribution < -0.4 is 33.8 Å². The molecule has 0 aliphatic heterocycles. The van der Waals surface area contributed by atoms with E-state index in [0.29, 0.717) is 57.6 Å². The lowest BCUT2D eigenvalue weighted by molar-refractivity contribution is 0.309. The molecule has 5 rings (SSSR count). The molecular weight excluding hydrogens is 588 g/mol. The molecule has 2 aromatic heterocycles. The van der Waals surface area contributed by atoms with Crippen molar-refractivity contribution in [1.82, 2.24) is 10.2 Å². The van der Waals surface area contributed by atoms with E-state index in [0.717, 1.165) is 11.1 Å². The summed E-state index contributed by atoms with van der Waals surface area (Å²) in [6, 6.07) is 14.5. The molecule has 0 amide bonds. The molecule has 230 valence electrons. The van der Waals surface area contributed by atoms with Gasteiger partial charge >= 0.3 is 0 Å². The van der Waals surface area contributed by atoms with Crippen molar-refractivity contribution < 1.29 is 37.3 Å². The Morgan fingerprint density at radius 3 is 2.09 bits per heavy atom. The number of nitrogens with zero attached hydrogens (tertiary/aromatic N) is 2. The quantitative estimate of drug-likeness (QED) is 0.106. The van der Waals surface area contributed by atoms with E-state index in [9.17, 15) is 4.79 Å². The van der Waals surface area contributed by atoms with E-state index < -0.39 is 5.43 Å². The molecule has 0 atom stereocenters. The lowest BCUT2D eigenvalue weighted by atomic mass is 10.1. The molecule has 0 fully saturated rings. The van der Waals surface area contributed by atoms with Crippen molar-refractivity contribution in [2.24, 2.45) is 0 Å². The van der Waals surface area contributed by atoms with Gasteiger partial charge in [0.15, 0.2) is 17.3 Å². The molecule has 44 heavy (non-hydrogen) atoms. The van der Waals surface area contributed by atoms with Crippen molar-refractivity contribution in [3.8, 4) is 57.3 Å². The number of hydrogen-bond donors (Lipinski definition) is 0. The number of aromatic nitrogens is 2. The Morgan fingerprint density at radius 1 is 0.750 bits per heavy atom. The van der Waals surface area contributed by atoms with Crippen LogP contribution in [0, 0.1) is 6.92 Å². The highest BCUT2D eigenvalue weighted by atomic mass is 32.2. The SMILES string of the molecule is COc1cc(OC)c2c(=O)c(OCCCSc3nnc(-c4ccc(C)cc4)o3)c(-c3cc(OC)c(OC)c(OC)c3)oc2c1. The number of hydrogen-bond acceptors (Lipinski definition) is 12. The van der Waals surface area contributed by atoms with E-state index in [4.69, 9.17) is 37.3 Å². The van der Waals surface area contributed by atoms with Crippen molar-refractivity contribution in [3.63, 3.8) is 0 Å². The first kappa shape index (κ1) is 30.6. The van der Waals surface area contributed by atoms with E-state index in [2.05, 4.69) is 10.2 Å². The van der Waals surface area contributed by atoms with Crippen LogP contribution in [0.5, 0.6) is 34.5 Å². The summed E-state index contributed by atoms with van der Waals surface area (Å²) in [6.45, 7) is 2.22. The Hall–Kier alpha value is -4.84. The van der Waals surface area contributed by atoms with Crippen LogP contribution in [0.4, 0.5) is 0 Å². The lowest BCUT2D eigenvalue weighted by Crippen LogP contribution is -2.12. The second kappa shape index (κ2) is 13.6. The van der Waals surface area contributed by atoms with Crippen molar-refractivity contribution in [3.05, 3.63) is 64.3 Å². The first-order chi connectivity index (χ1) is 21.4. The second-order valence-corrected chi connectivity index (χ2v) is 10.5. The highest BCUT2D eigenvalue weighted by Crippen LogP contribution is 2.44. The minimum Gasteiger partial charge on any atom is -0.496 e. The van der Waals surface area contributed by atoms with Gasteiger partial charge in [-0.15, -0.1) is 10.2 Å². The van der Waals surface area contributed by atoms with Gasteiger partial charge in [-0.2, -0.15) is 0 Å². The number of fused-ring (bicyclic) bond motifs is 1. The van der Waals surface area contributed by atoms with Crippen LogP contribution in [0.2, 0.25) is 0 Å². The average molecular weight is 621 g/mol. The zero-order valence-electron chi connectivity index (χ0n) is 25.2. The smallest absolute Gasteiger partial charge is 0.276 e. The molecule has 0 aliphatic rings. The minimum absolute atomic E-state index is 0.0136. The van der Waals surface area contributed by atoms with E-state index in [-0.39, 0.29) is 29.1 Å². The van der Waals surface area contributed by atoms with Crippen LogP contribution in [-0.4, -0.2) is 58.1 Å². The number of benzene rings is 3. The van der Waals surface area contributed by atoms with Crippen LogP contribution in [0.1, 0.15) is 12.0 Å². The zero-order valence-corrected chi connectivity index (χ0v) is 26.0. The fourth-order valence-electron chi connectivity index (χ4n) is 4.53. The maximum absolute atomic E-state index is 13.9. The molecule has 0 spiro atoms. The molecule has 3 aromatic carbocycles. The Labute approximate surface area is 258 Å². The fourth-order valence-corrected chi connectivity index (χ4v) is 5.20. The van der Waals surface area contributed by atoms with Crippen molar-refractivity contribution >= 4 is 22.7 Å². The summed E-state index contributed by atoms with van der Waals surface area (Å²) >= 11 is 1.40. The number of thioether (sulfide) groups is 1. The van der Waals surface area contributed by atoms with E-state index in [1.54, 1.807) is 24.3 Å². The third-order valence-electron chi connectivity index (χ3n) is 6.74. The molecular formula is C32H32N2O9S. The lowest BCUT2D eigenvalue weighted by Gasteiger charge is -2.16. The van der Waals surface area contributed by atoms with Gasteiger partial charge in [0.25, 0.3) is 5.22 Å². The van der Waals surface area contributed by atoms with Crippen molar-refractivity contribution in [2.45, 2.75) is 18.6 Å². The first-order valence-corrected chi connectivity index (χ1v) is 14.6. The summed E-state index contributed by atoms with van der Waals surface area (Å²) < 4.78 is 45.7. The molecule has 2 heterocycles. The van der Waals surface area contributed by atoms with Crippen molar-refractivity contribution in [2.75, 3.05) is 47.9 Å². The zero-order chi connectivity index (χ0) is 31.2. The van der Waals surface area contributed by atoms with Gasteiger partial charge in [0, 0.05) is 29.0 Å². The Kier molecular flexibility index (Phi) is 9.49. The molecule has 5 aromatic rings. The molecule has 0 bridgehead atoms. The molecule has 0 radical (unpaired) electrons. The first-order valence-electron chi connectivity index (χ1n) is 13.6. The van der Waals surface area contributed by atoms with Gasteiger partial charge in [-0.05, 0) is 37.6 Å². The highest BCUT2D eigenvalue weighted by molar-refractivity contribution is 7.99. The van der Waals surface area contributed by atoms with Crippen LogP contribution >= 0.6 is 11.8 Å². The third kappa shape index (κ3) is 6.25. The van der Waals surface area contributed by atoms with Gasteiger partial charge in [0.05, 0.1) is 42.2 Å². The summed E-state index contributed by atoms with van der Waals surface area (Å²) in [7, 11) is 7.52. The summed E-state index contributed by atoms with van der Waals surface area (Å²) in [5, 5.41) is 8.95. The van der Waals surface area contributed by atoms with Crippen LogP contribution in [0.3, 0.4) is 0 Å². The average Bonchev–Trinajstić information content (AvgIpc) is 3.53. The molecule has 0 N–H and O–H groups in total. The molecule has 0 saturated heterocycles. The van der Waals surface area contributed by atoms with Crippen LogP contribution in [0.15, 0.2) is 67.4 Å². The molecule has 0 aliphatic carbocycles. The molecule has 11 nitrogen and oxygen atoms in total. The monoisotopic (exact) mass is 620 g/mol. The summed E-state index contributed by atoms with van der Waals surface area (Å²) in [5.74, 6) is 3.20. The molecule has 0 unspecified atom stereocenters. The maximum atomic E-state index is 13.9. The largest absolute Gasteiger partial charge is 0.496 e. The van der Waals surface area contributed by atoms with Crippen molar-refractivity contribution in [1.29, 1.82) is 0 Å². The second-order valence-electron chi connectivity index (χ2n) is 9.50. The standard InChI is InChI=1S/C32H32N2O9S/c1-18-8-10-19(11-9-18)31-33-34-32(43-31)44-13-7-12-41-30-27(35)26-22(37-3)16-21(36-2)17-23(26)42-28(30)20-14-24(38-4)29(40-6)25(15-20)39-5/h8-11,14-17H,7,12-13H2,1-6H3. The number of rotatable bonds is 13. The minimum atomic E-state index is -0.401. The number of methoxy groups -OCH3 is 5. The Bertz CT molecular complexity index is 1790. The predicted molar refractivity (Wildman–Crippen MR) is 166 cm³/mol. The van der Waals surface area contributed by atoms with Crippen LogP contribution in [0.25, 0.3) is 33.7 Å². The third-order valence-corrected chi connectivity index (χ3v) is 7.64. The summed E-state index contributed by atoms with van der Waals surface area (Å²) in [5.41, 5.74) is 2.35. The van der Waals surface area contributed by atoms with Gasteiger partial charge in [-0.1, -0.05) is 29.5 Å². The van der Waals surface area contributed by atoms with E-state index in [1.807, 2.05) is 31.2 Å². The van der Waals surface area contributed by atoms with Gasteiger partial charge in [-0.3, -0.25) is 4.79 Å².